The SMILES string of the molecule is O=C(Nc1cccc(F)c1)Nc1ccc([N+](=O)[O-])c(NC(=O)Nc2cccc(F)c2)c1. The van der Waals surface area contributed by atoms with Crippen molar-refractivity contribution < 1.29 is 23.3 Å². The number of urea groups is 2. The van der Waals surface area contributed by atoms with Gasteiger partial charge in [-0.2, -0.15) is 0 Å². The number of nitrogens with one attached hydrogen (secondary N) is 4. The lowest BCUT2D eigenvalue weighted by Crippen LogP contribution is -2.21. The van der Waals surface area contributed by atoms with Gasteiger partial charge in [0.2, 0.25) is 0 Å². The fourth-order valence-corrected chi connectivity index (χ4v) is 2.58. The maximum atomic E-state index is 13.2. The minimum Gasteiger partial charge on any atom is -0.308 e. The summed E-state index contributed by atoms with van der Waals surface area (Å²) in [5.74, 6) is -1.11. The highest BCUT2D eigenvalue weighted by molar-refractivity contribution is 6.03. The highest BCUT2D eigenvalue weighted by atomic mass is 19.1. The summed E-state index contributed by atoms with van der Waals surface area (Å²) in [6.45, 7) is 0. The highest BCUT2D eigenvalue weighted by Crippen LogP contribution is 2.28. The van der Waals surface area contributed by atoms with Crippen LogP contribution in [0.5, 0.6) is 0 Å². The lowest BCUT2D eigenvalue weighted by atomic mass is 10.2. The molecule has 0 aliphatic heterocycles. The molecular formula is C20H15F2N5O4. The van der Waals surface area contributed by atoms with Crippen LogP contribution in [0, 0.1) is 21.7 Å². The van der Waals surface area contributed by atoms with E-state index in [1.54, 1.807) is 0 Å². The van der Waals surface area contributed by atoms with E-state index in [0.717, 1.165) is 18.2 Å². The van der Waals surface area contributed by atoms with Crippen molar-refractivity contribution in [1.82, 2.24) is 0 Å². The van der Waals surface area contributed by atoms with E-state index in [2.05, 4.69) is 21.3 Å². The van der Waals surface area contributed by atoms with Gasteiger partial charge in [-0.15, -0.1) is 0 Å². The number of carbonyl (C=O) groups is 2. The molecule has 0 heterocycles. The normalized spacial score (nSPS) is 10.1. The van der Waals surface area contributed by atoms with Gasteiger partial charge in [-0.3, -0.25) is 10.1 Å². The topological polar surface area (TPSA) is 125 Å². The second-order valence-electron chi connectivity index (χ2n) is 6.17. The summed E-state index contributed by atoms with van der Waals surface area (Å²) in [5, 5.41) is 20.7. The molecule has 3 rings (SSSR count). The van der Waals surface area contributed by atoms with Gasteiger partial charge in [-0.05, 0) is 48.5 Å². The monoisotopic (exact) mass is 427 g/mol. The highest BCUT2D eigenvalue weighted by Gasteiger charge is 2.17. The number of nitrogens with zero attached hydrogens (tertiary/aromatic N) is 1. The third kappa shape index (κ3) is 5.97. The molecule has 0 aliphatic rings. The van der Waals surface area contributed by atoms with Crippen LogP contribution in [0.25, 0.3) is 0 Å². The molecule has 11 heteroatoms. The van der Waals surface area contributed by atoms with Crippen LogP contribution in [0.2, 0.25) is 0 Å². The molecule has 0 spiro atoms. The molecule has 0 atom stereocenters. The molecule has 0 fully saturated rings. The maximum Gasteiger partial charge on any atom is 0.323 e. The third-order valence-corrected chi connectivity index (χ3v) is 3.86. The van der Waals surface area contributed by atoms with Gasteiger partial charge in [0, 0.05) is 23.1 Å². The number of rotatable bonds is 5. The van der Waals surface area contributed by atoms with E-state index >= 15 is 0 Å². The molecule has 9 nitrogen and oxygen atoms in total. The zero-order valence-electron chi connectivity index (χ0n) is 15.7. The van der Waals surface area contributed by atoms with Crippen LogP contribution < -0.4 is 21.3 Å². The zero-order chi connectivity index (χ0) is 22.4. The predicted octanol–water partition coefficient (Wildman–Crippen LogP) is 5.16. The van der Waals surface area contributed by atoms with Crippen molar-refractivity contribution in [2.24, 2.45) is 0 Å². The number of nitro benzene ring substituents is 1. The van der Waals surface area contributed by atoms with Crippen LogP contribution in [-0.4, -0.2) is 17.0 Å². The van der Waals surface area contributed by atoms with E-state index in [1.165, 1.54) is 48.5 Å². The summed E-state index contributed by atoms with van der Waals surface area (Å²) in [7, 11) is 0. The Morgan fingerprint density at radius 3 is 1.68 bits per heavy atom. The fraction of sp³-hybridized carbons (Fsp3) is 0. The molecule has 4 amide bonds. The summed E-state index contributed by atoms with van der Waals surface area (Å²) >= 11 is 0. The van der Waals surface area contributed by atoms with E-state index in [0.29, 0.717) is 0 Å². The largest absolute Gasteiger partial charge is 0.323 e. The first-order chi connectivity index (χ1) is 14.8. The molecule has 0 aromatic heterocycles. The first-order valence-electron chi connectivity index (χ1n) is 8.76. The van der Waals surface area contributed by atoms with E-state index in [9.17, 15) is 28.5 Å². The molecule has 0 bridgehead atoms. The van der Waals surface area contributed by atoms with Gasteiger partial charge in [0.1, 0.15) is 17.3 Å². The number of nitro groups is 1. The number of hydrogen-bond donors (Lipinski definition) is 4. The van der Waals surface area contributed by atoms with Gasteiger partial charge >= 0.3 is 12.1 Å². The maximum absolute atomic E-state index is 13.2. The smallest absolute Gasteiger partial charge is 0.308 e. The second kappa shape index (κ2) is 9.31. The number of halogens is 2. The lowest BCUT2D eigenvalue weighted by Gasteiger charge is -2.11. The summed E-state index contributed by atoms with van der Waals surface area (Å²) in [5.41, 5.74) is -0.162. The number of amides is 4. The van der Waals surface area contributed by atoms with Gasteiger partial charge in [-0.1, -0.05) is 12.1 Å². The van der Waals surface area contributed by atoms with Crippen molar-refractivity contribution in [2.45, 2.75) is 0 Å². The Balaban J connectivity index is 1.73. The number of benzene rings is 3. The summed E-state index contributed by atoms with van der Waals surface area (Å²) in [4.78, 5) is 34.8. The van der Waals surface area contributed by atoms with Crippen LogP contribution >= 0.6 is 0 Å². The Bertz CT molecular complexity index is 1160. The Kier molecular flexibility index (Phi) is 6.36. The van der Waals surface area contributed by atoms with E-state index in [4.69, 9.17) is 0 Å². The molecule has 0 radical (unpaired) electrons. The summed E-state index contributed by atoms with van der Waals surface area (Å²) < 4.78 is 26.5. The van der Waals surface area contributed by atoms with Crippen molar-refractivity contribution in [3.8, 4) is 0 Å². The van der Waals surface area contributed by atoms with Crippen LogP contribution in [0.1, 0.15) is 0 Å². The van der Waals surface area contributed by atoms with Crippen LogP contribution in [-0.2, 0) is 0 Å². The lowest BCUT2D eigenvalue weighted by molar-refractivity contribution is -0.383. The molecule has 0 saturated heterocycles. The van der Waals surface area contributed by atoms with Gasteiger partial charge in [-0.25, -0.2) is 18.4 Å². The zero-order valence-corrected chi connectivity index (χ0v) is 15.7. The first kappa shape index (κ1) is 21.2. The summed E-state index contributed by atoms with van der Waals surface area (Å²) in [6.07, 6.45) is 0. The fourth-order valence-electron chi connectivity index (χ4n) is 2.58. The molecule has 0 aliphatic carbocycles. The number of carbonyl (C=O) groups excluding carboxylic acids is 2. The average molecular weight is 427 g/mol. The van der Waals surface area contributed by atoms with Crippen LogP contribution in [0.3, 0.4) is 0 Å². The second-order valence-corrected chi connectivity index (χ2v) is 6.17. The van der Waals surface area contributed by atoms with Crippen molar-refractivity contribution in [3.63, 3.8) is 0 Å². The molecule has 158 valence electrons. The average Bonchev–Trinajstić information content (AvgIpc) is 2.67. The quantitative estimate of drug-likeness (QED) is 0.331. The van der Waals surface area contributed by atoms with Crippen molar-refractivity contribution in [1.29, 1.82) is 0 Å². The predicted molar refractivity (Wildman–Crippen MR) is 111 cm³/mol. The van der Waals surface area contributed by atoms with Gasteiger partial charge in [0.15, 0.2) is 0 Å². The van der Waals surface area contributed by atoms with E-state index in [-0.39, 0.29) is 22.7 Å². The van der Waals surface area contributed by atoms with E-state index in [1.807, 2.05) is 0 Å². The van der Waals surface area contributed by atoms with Gasteiger partial charge in [0.05, 0.1) is 4.92 Å². The third-order valence-electron chi connectivity index (χ3n) is 3.86. The van der Waals surface area contributed by atoms with Crippen LogP contribution in [0.4, 0.5) is 46.8 Å². The molecule has 31 heavy (non-hydrogen) atoms. The van der Waals surface area contributed by atoms with Gasteiger partial charge < -0.3 is 21.3 Å². The van der Waals surface area contributed by atoms with Crippen LogP contribution in [0.15, 0.2) is 66.7 Å². The Morgan fingerprint density at radius 2 is 1.19 bits per heavy atom. The Labute approximate surface area is 174 Å². The Hall–Kier alpha value is -4.54. The molecule has 0 saturated carbocycles. The Morgan fingerprint density at radius 1 is 0.710 bits per heavy atom. The van der Waals surface area contributed by atoms with Crippen molar-refractivity contribution in [2.75, 3.05) is 21.3 Å². The molecule has 4 N–H and O–H groups in total. The van der Waals surface area contributed by atoms with Crippen molar-refractivity contribution in [3.05, 3.63) is 88.5 Å². The summed E-state index contributed by atoms with van der Waals surface area (Å²) in [6, 6.07) is 12.2. The standard InChI is InChI=1S/C20H15F2N5O4/c21-12-3-1-5-14(9-12)23-19(28)25-16-7-8-18(27(30)31)17(11-16)26-20(29)24-15-6-2-4-13(22)10-15/h1-11H,(H2,23,25,28)(H2,24,26,29). The van der Waals surface area contributed by atoms with E-state index < -0.39 is 34.3 Å². The minimum absolute atomic E-state index is 0.126. The molecule has 3 aromatic carbocycles. The van der Waals surface area contributed by atoms with Gasteiger partial charge in [0.25, 0.3) is 5.69 Å². The molecule has 3 aromatic rings. The van der Waals surface area contributed by atoms with Crippen molar-refractivity contribution >= 4 is 40.5 Å². The first-order valence-corrected chi connectivity index (χ1v) is 8.76. The number of anilines is 4. The molecular weight excluding hydrogens is 412 g/mol. The molecule has 0 unspecified atom stereocenters. The number of hydrogen-bond acceptors (Lipinski definition) is 4. The minimum atomic E-state index is -0.852.